The van der Waals surface area contributed by atoms with Crippen molar-refractivity contribution in [1.82, 2.24) is 14.5 Å². The standard InChI is InChI=1S/C32H50N4O/c1-6-11-22-35(23-12-7-2)28-17-15-27(16-18-28)32-33-30-20-19-29(26-31(30)36(32)24-13-8-3)37-25-14-21-34(9-4)10-5/h15-20,26H,6-14,21-25H2,1-5H3. The second-order valence-electron chi connectivity index (χ2n) is 10.1. The first-order chi connectivity index (χ1) is 18.1. The smallest absolute Gasteiger partial charge is 0.141 e. The van der Waals surface area contributed by atoms with Crippen LogP contribution < -0.4 is 9.64 Å². The number of nitrogens with zero attached hydrogens (tertiary/aromatic N) is 4. The van der Waals surface area contributed by atoms with Crippen LogP contribution in [0.4, 0.5) is 5.69 Å². The highest BCUT2D eigenvalue weighted by Gasteiger charge is 2.15. The Bertz CT molecular complexity index is 1030. The molecular weight excluding hydrogens is 456 g/mol. The van der Waals surface area contributed by atoms with Gasteiger partial charge in [0.05, 0.1) is 17.6 Å². The Hall–Kier alpha value is -2.53. The highest BCUT2D eigenvalue weighted by atomic mass is 16.5. The Morgan fingerprint density at radius 1 is 0.757 bits per heavy atom. The third kappa shape index (κ3) is 8.23. The van der Waals surface area contributed by atoms with Crippen molar-refractivity contribution in [3.63, 3.8) is 0 Å². The SMILES string of the molecule is CCCCN(CCCC)c1ccc(-c2nc3ccc(OCCCN(CC)CC)cc3n2CCCC)cc1. The molecule has 0 saturated carbocycles. The van der Waals surface area contributed by atoms with E-state index in [0.29, 0.717) is 0 Å². The molecule has 2 aromatic carbocycles. The van der Waals surface area contributed by atoms with Crippen LogP contribution in [0.15, 0.2) is 42.5 Å². The van der Waals surface area contributed by atoms with Crippen LogP contribution in [0.3, 0.4) is 0 Å². The minimum Gasteiger partial charge on any atom is -0.493 e. The van der Waals surface area contributed by atoms with E-state index in [9.17, 15) is 0 Å². The molecule has 37 heavy (non-hydrogen) atoms. The molecule has 0 aliphatic heterocycles. The van der Waals surface area contributed by atoms with Gasteiger partial charge >= 0.3 is 0 Å². The molecule has 0 amide bonds. The van der Waals surface area contributed by atoms with E-state index < -0.39 is 0 Å². The maximum Gasteiger partial charge on any atom is 0.141 e. The second-order valence-corrected chi connectivity index (χ2v) is 10.1. The summed E-state index contributed by atoms with van der Waals surface area (Å²) >= 11 is 0. The van der Waals surface area contributed by atoms with Crippen LogP contribution in [0.2, 0.25) is 0 Å². The molecule has 0 unspecified atom stereocenters. The zero-order valence-electron chi connectivity index (χ0n) is 24.1. The molecule has 3 rings (SSSR count). The summed E-state index contributed by atoms with van der Waals surface area (Å²) in [6.45, 7) is 18.5. The summed E-state index contributed by atoms with van der Waals surface area (Å²) < 4.78 is 8.55. The molecule has 1 aromatic heterocycles. The number of fused-ring (bicyclic) bond motifs is 1. The maximum atomic E-state index is 6.16. The van der Waals surface area contributed by atoms with Gasteiger partial charge in [0.1, 0.15) is 11.6 Å². The van der Waals surface area contributed by atoms with Crippen molar-refractivity contribution in [1.29, 1.82) is 0 Å². The Morgan fingerprint density at radius 3 is 2.05 bits per heavy atom. The lowest BCUT2D eigenvalue weighted by Crippen LogP contribution is -2.25. The van der Waals surface area contributed by atoms with Crippen molar-refractivity contribution in [3.8, 4) is 17.1 Å². The lowest BCUT2D eigenvalue weighted by molar-refractivity contribution is 0.249. The molecule has 204 valence electrons. The average Bonchev–Trinajstić information content (AvgIpc) is 3.30. The van der Waals surface area contributed by atoms with Crippen molar-refractivity contribution in [3.05, 3.63) is 42.5 Å². The Balaban J connectivity index is 1.81. The fourth-order valence-corrected chi connectivity index (χ4v) is 4.86. The number of anilines is 1. The number of aromatic nitrogens is 2. The molecule has 0 saturated heterocycles. The second kappa shape index (κ2) is 15.7. The number of hydrogen-bond acceptors (Lipinski definition) is 4. The summed E-state index contributed by atoms with van der Waals surface area (Å²) in [6.07, 6.45) is 8.25. The van der Waals surface area contributed by atoms with Crippen LogP contribution in [0.25, 0.3) is 22.4 Å². The lowest BCUT2D eigenvalue weighted by atomic mass is 10.1. The van der Waals surface area contributed by atoms with Gasteiger partial charge in [0.25, 0.3) is 0 Å². The molecule has 0 bridgehead atoms. The highest BCUT2D eigenvalue weighted by Crippen LogP contribution is 2.30. The summed E-state index contributed by atoms with van der Waals surface area (Å²) in [5, 5.41) is 0. The Morgan fingerprint density at radius 2 is 1.43 bits per heavy atom. The van der Waals surface area contributed by atoms with Crippen LogP contribution in [0.5, 0.6) is 5.75 Å². The van der Waals surface area contributed by atoms with Gasteiger partial charge in [-0.25, -0.2) is 4.98 Å². The molecule has 3 aromatic rings. The summed E-state index contributed by atoms with van der Waals surface area (Å²) in [5.41, 5.74) is 4.71. The van der Waals surface area contributed by atoms with E-state index in [1.54, 1.807) is 0 Å². The van der Waals surface area contributed by atoms with E-state index in [4.69, 9.17) is 9.72 Å². The first-order valence-electron chi connectivity index (χ1n) is 14.9. The molecule has 0 aliphatic rings. The van der Waals surface area contributed by atoms with Gasteiger partial charge in [-0.1, -0.05) is 53.9 Å². The summed E-state index contributed by atoms with van der Waals surface area (Å²) in [5.74, 6) is 2.00. The van der Waals surface area contributed by atoms with Gasteiger partial charge in [-0.2, -0.15) is 0 Å². The normalized spacial score (nSPS) is 11.5. The molecule has 0 radical (unpaired) electrons. The maximum absolute atomic E-state index is 6.16. The van der Waals surface area contributed by atoms with E-state index in [0.717, 1.165) is 82.2 Å². The fraction of sp³-hybridized carbons (Fsp3) is 0.594. The highest BCUT2D eigenvalue weighted by molar-refractivity contribution is 5.82. The Kier molecular flexibility index (Phi) is 12.3. The number of ether oxygens (including phenoxy) is 1. The van der Waals surface area contributed by atoms with Crippen LogP contribution in [-0.4, -0.2) is 53.8 Å². The average molecular weight is 507 g/mol. The number of benzene rings is 2. The fourth-order valence-electron chi connectivity index (χ4n) is 4.86. The van der Waals surface area contributed by atoms with Crippen LogP contribution in [0, 0.1) is 0 Å². The van der Waals surface area contributed by atoms with Gasteiger partial charge in [-0.05, 0) is 75.2 Å². The molecule has 5 nitrogen and oxygen atoms in total. The molecule has 0 fully saturated rings. The molecule has 0 spiro atoms. The summed E-state index contributed by atoms with van der Waals surface area (Å²) in [7, 11) is 0. The van der Waals surface area contributed by atoms with Gasteiger partial charge in [-0.3, -0.25) is 0 Å². The predicted molar refractivity (Wildman–Crippen MR) is 160 cm³/mol. The quantitative estimate of drug-likeness (QED) is 0.164. The van der Waals surface area contributed by atoms with Crippen LogP contribution in [0.1, 0.15) is 79.6 Å². The van der Waals surface area contributed by atoms with Crippen molar-refractivity contribution >= 4 is 16.7 Å². The first kappa shape index (κ1) is 29.0. The minimum absolute atomic E-state index is 0.742. The molecule has 5 heteroatoms. The van der Waals surface area contributed by atoms with Crippen LogP contribution >= 0.6 is 0 Å². The van der Waals surface area contributed by atoms with Gasteiger partial charge in [0, 0.05) is 43.5 Å². The van der Waals surface area contributed by atoms with Crippen molar-refractivity contribution in [2.24, 2.45) is 0 Å². The first-order valence-corrected chi connectivity index (χ1v) is 14.9. The van der Waals surface area contributed by atoms with Crippen LogP contribution in [-0.2, 0) is 6.54 Å². The van der Waals surface area contributed by atoms with E-state index >= 15 is 0 Å². The monoisotopic (exact) mass is 506 g/mol. The largest absolute Gasteiger partial charge is 0.493 e. The van der Waals surface area contributed by atoms with Crippen molar-refractivity contribution in [2.45, 2.75) is 86.1 Å². The van der Waals surface area contributed by atoms with Crippen molar-refractivity contribution < 1.29 is 4.74 Å². The lowest BCUT2D eigenvalue weighted by Gasteiger charge is -2.25. The summed E-state index contributed by atoms with van der Waals surface area (Å²) in [6, 6.07) is 15.5. The third-order valence-electron chi connectivity index (χ3n) is 7.29. The van der Waals surface area contributed by atoms with E-state index in [1.807, 2.05) is 0 Å². The van der Waals surface area contributed by atoms with Crippen molar-refractivity contribution in [2.75, 3.05) is 44.2 Å². The third-order valence-corrected chi connectivity index (χ3v) is 7.29. The minimum atomic E-state index is 0.742. The molecule has 1 heterocycles. The molecule has 0 aliphatic carbocycles. The number of unbranched alkanes of at least 4 members (excludes halogenated alkanes) is 3. The van der Waals surface area contributed by atoms with Gasteiger partial charge in [0.15, 0.2) is 0 Å². The number of aryl methyl sites for hydroxylation is 1. The topological polar surface area (TPSA) is 33.5 Å². The Labute approximate surface area is 225 Å². The number of hydrogen-bond donors (Lipinski definition) is 0. The van der Waals surface area contributed by atoms with Gasteiger partial charge in [0.2, 0.25) is 0 Å². The zero-order chi connectivity index (χ0) is 26.5. The molecule has 0 atom stereocenters. The summed E-state index contributed by atoms with van der Waals surface area (Å²) in [4.78, 5) is 10.1. The van der Waals surface area contributed by atoms with E-state index in [2.05, 4.69) is 91.5 Å². The number of imidazole rings is 1. The molecular formula is C32H50N4O. The van der Waals surface area contributed by atoms with Gasteiger partial charge < -0.3 is 19.1 Å². The number of rotatable bonds is 18. The van der Waals surface area contributed by atoms with E-state index in [-0.39, 0.29) is 0 Å². The zero-order valence-corrected chi connectivity index (χ0v) is 24.1. The molecule has 0 N–H and O–H groups in total. The van der Waals surface area contributed by atoms with E-state index in [1.165, 1.54) is 42.5 Å². The predicted octanol–water partition coefficient (Wildman–Crippen LogP) is 8.02. The van der Waals surface area contributed by atoms with Gasteiger partial charge in [-0.15, -0.1) is 0 Å².